The van der Waals surface area contributed by atoms with E-state index in [1.807, 2.05) is 20.2 Å². The Hall–Kier alpha value is -1.75. The van der Waals surface area contributed by atoms with E-state index in [4.69, 9.17) is 10.5 Å². The molecule has 0 aromatic heterocycles. The molecule has 0 fully saturated rings. The lowest BCUT2D eigenvalue weighted by Crippen LogP contribution is -2.24. The van der Waals surface area contributed by atoms with Crippen molar-refractivity contribution in [3.63, 3.8) is 0 Å². The second kappa shape index (κ2) is 6.99. The van der Waals surface area contributed by atoms with Crippen LogP contribution in [0, 0.1) is 0 Å². The van der Waals surface area contributed by atoms with Crippen LogP contribution in [0.4, 0.5) is 11.4 Å². The van der Waals surface area contributed by atoms with Crippen molar-refractivity contribution in [2.45, 2.75) is 19.4 Å². The summed E-state index contributed by atoms with van der Waals surface area (Å²) in [6.07, 6.45) is 0.984. The van der Waals surface area contributed by atoms with Gasteiger partial charge >= 0.3 is 5.97 Å². The van der Waals surface area contributed by atoms with Gasteiger partial charge in [0.1, 0.15) is 0 Å². The lowest BCUT2D eigenvalue weighted by Gasteiger charge is -2.19. The van der Waals surface area contributed by atoms with Crippen molar-refractivity contribution in [1.82, 2.24) is 4.90 Å². The van der Waals surface area contributed by atoms with Gasteiger partial charge in [0.2, 0.25) is 0 Å². The molecular formula is C14H23N3O2. The molecular weight excluding hydrogens is 242 g/mol. The summed E-state index contributed by atoms with van der Waals surface area (Å²) in [6, 6.07) is 5.48. The number of hydrogen-bond donors (Lipinski definition) is 2. The first-order valence-electron chi connectivity index (χ1n) is 6.33. The van der Waals surface area contributed by atoms with Crippen molar-refractivity contribution in [2.24, 2.45) is 0 Å². The minimum absolute atomic E-state index is 0.259. The number of nitrogens with zero attached hydrogens (tertiary/aromatic N) is 1. The Labute approximate surface area is 114 Å². The number of nitrogens with one attached hydrogen (secondary N) is 1. The molecule has 1 aromatic carbocycles. The van der Waals surface area contributed by atoms with Gasteiger partial charge in [0, 0.05) is 17.4 Å². The zero-order chi connectivity index (χ0) is 14.4. The molecule has 1 rings (SSSR count). The van der Waals surface area contributed by atoms with Crippen LogP contribution in [0.15, 0.2) is 18.2 Å². The van der Waals surface area contributed by atoms with Gasteiger partial charge in [-0.05, 0) is 52.2 Å². The molecule has 1 aromatic rings. The maximum Gasteiger partial charge on any atom is 0.340 e. The van der Waals surface area contributed by atoms with E-state index < -0.39 is 0 Å². The van der Waals surface area contributed by atoms with Gasteiger partial charge in [-0.15, -0.1) is 0 Å². The Morgan fingerprint density at radius 3 is 2.74 bits per heavy atom. The van der Waals surface area contributed by atoms with Crippen LogP contribution in [0.25, 0.3) is 0 Å². The van der Waals surface area contributed by atoms with Gasteiger partial charge in [-0.3, -0.25) is 0 Å². The lowest BCUT2D eigenvalue weighted by molar-refractivity contribution is 0.0602. The fraction of sp³-hybridized carbons (Fsp3) is 0.500. The average Bonchev–Trinajstić information content (AvgIpc) is 2.37. The first-order chi connectivity index (χ1) is 8.93. The normalized spacial score (nSPS) is 12.3. The second-order valence-electron chi connectivity index (χ2n) is 4.93. The number of carbonyl (C=O) groups excluding carboxylic acids is 1. The summed E-state index contributed by atoms with van der Waals surface area (Å²) in [4.78, 5) is 13.8. The number of nitrogen functional groups attached to an aromatic ring is 1. The third-order valence-electron chi connectivity index (χ3n) is 2.86. The van der Waals surface area contributed by atoms with Gasteiger partial charge in [0.15, 0.2) is 0 Å². The average molecular weight is 265 g/mol. The summed E-state index contributed by atoms with van der Waals surface area (Å²) in [5, 5.41) is 3.33. The van der Waals surface area contributed by atoms with Crippen molar-refractivity contribution in [2.75, 3.05) is 38.8 Å². The van der Waals surface area contributed by atoms with E-state index in [1.54, 1.807) is 12.1 Å². The molecule has 5 heteroatoms. The maximum atomic E-state index is 11.7. The van der Waals surface area contributed by atoms with Gasteiger partial charge in [0.25, 0.3) is 0 Å². The van der Waals surface area contributed by atoms with E-state index in [9.17, 15) is 4.79 Å². The van der Waals surface area contributed by atoms with Crippen molar-refractivity contribution in [3.05, 3.63) is 23.8 Å². The zero-order valence-corrected chi connectivity index (χ0v) is 12.1. The largest absolute Gasteiger partial charge is 0.465 e. The Morgan fingerprint density at radius 1 is 1.47 bits per heavy atom. The topological polar surface area (TPSA) is 67.6 Å². The number of methoxy groups -OCH3 is 1. The number of carbonyl (C=O) groups is 1. The van der Waals surface area contributed by atoms with Crippen LogP contribution >= 0.6 is 0 Å². The Morgan fingerprint density at radius 2 is 2.16 bits per heavy atom. The van der Waals surface area contributed by atoms with Crippen molar-refractivity contribution < 1.29 is 9.53 Å². The van der Waals surface area contributed by atoms with Crippen LogP contribution < -0.4 is 11.1 Å². The van der Waals surface area contributed by atoms with Gasteiger partial charge in [-0.2, -0.15) is 0 Å². The summed E-state index contributed by atoms with van der Waals surface area (Å²) in [5.74, 6) is -0.380. The zero-order valence-electron chi connectivity index (χ0n) is 12.1. The number of benzene rings is 1. The molecule has 5 nitrogen and oxygen atoms in total. The van der Waals surface area contributed by atoms with Crippen molar-refractivity contribution in [3.8, 4) is 0 Å². The molecule has 106 valence electrons. The van der Waals surface area contributed by atoms with E-state index in [1.165, 1.54) is 7.11 Å². The minimum atomic E-state index is -0.380. The Bertz CT molecular complexity index is 433. The first kappa shape index (κ1) is 15.3. The fourth-order valence-corrected chi connectivity index (χ4v) is 1.76. The highest BCUT2D eigenvalue weighted by atomic mass is 16.5. The molecule has 0 amide bonds. The SMILES string of the molecule is COC(=O)c1cc(N)ccc1NC(C)CCN(C)C. The third kappa shape index (κ3) is 4.79. The fourth-order valence-electron chi connectivity index (χ4n) is 1.76. The minimum Gasteiger partial charge on any atom is -0.465 e. The highest BCUT2D eigenvalue weighted by Gasteiger charge is 2.14. The molecule has 0 saturated carbocycles. The number of anilines is 2. The summed E-state index contributed by atoms with van der Waals surface area (Å²) < 4.78 is 4.77. The summed E-state index contributed by atoms with van der Waals surface area (Å²) in [6.45, 7) is 3.07. The molecule has 1 unspecified atom stereocenters. The number of esters is 1. The second-order valence-corrected chi connectivity index (χ2v) is 4.93. The number of ether oxygens (including phenoxy) is 1. The first-order valence-corrected chi connectivity index (χ1v) is 6.33. The summed E-state index contributed by atoms with van der Waals surface area (Å²) >= 11 is 0. The van der Waals surface area contributed by atoms with Crippen LogP contribution in [0.3, 0.4) is 0 Å². The van der Waals surface area contributed by atoms with Crippen LogP contribution in [0.5, 0.6) is 0 Å². The van der Waals surface area contributed by atoms with E-state index in [0.29, 0.717) is 11.3 Å². The summed E-state index contributed by atoms with van der Waals surface area (Å²) in [7, 11) is 5.44. The molecule has 0 bridgehead atoms. The monoisotopic (exact) mass is 265 g/mol. The molecule has 0 aliphatic heterocycles. The molecule has 0 saturated heterocycles. The highest BCUT2D eigenvalue weighted by Crippen LogP contribution is 2.21. The van der Waals surface area contributed by atoms with Gasteiger partial charge in [-0.25, -0.2) is 4.79 Å². The van der Waals surface area contributed by atoms with Crippen LogP contribution in [0.2, 0.25) is 0 Å². The third-order valence-corrected chi connectivity index (χ3v) is 2.86. The summed E-state index contributed by atoms with van der Waals surface area (Å²) in [5.41, 5.74) is 7.48. The standard InChI is InChI=1S/C14H23N3O2/c1-10(7-8-17(2)3)16-13-6-5-11(15)9-12(13)14(18)19-4/h5-6,9-10,16H,7-8,15H2,1-4H3. The molecule has 3 N–H and O–H groups in total. The molecule has 1 atom stereocenters. The van der Waals surface area contributed by atoms with E-state index in [2.05, 4.69) is 17.1 Å². The molecule has 0 spiro atoms. The quantitative estimate of drug-likeness (QED) is 0.606. The Balaban J connectivity index is 2.79. The van der Waals surface area contributed by atoms with E-state index >= 15 is 0 Å². The predicted octanol–water partition coefficient (Wildman–Crippen LogP) is 1.81. The molecule has 19 heavy (non-hydrogen) atoms. The maximum absolute atomic E-state index is 11.7. The van der Waals surface area contributed by atoms with Crippen LogP contribution in [-0.4, -0.2) is 44.7 Å². The van der Waals surface area contributed by atoms with Crippen LogP contribution in [-0.2, 0) is 4.74 Å². The molecule has 0 heterocycles. The van der Waals surface area contributed by atoms with Crippen LogP contribution in [0.1, 0.15) is 23.7 Å². The van der Waals surface area contributed by atoms with Gasteiger partial charge < -0.3 is 20.7 Å². The highest BCUT2D eigenvalue weighted by molar-refractivity contribution is 5.96. The van der Waals surface area contributed by atoms with Crippen molar-refractivity contribution >= 4 is 17.3 Å². The van der Waals surface area contributed by atoms with Gasteiger partial charge in [-0.1, -0.05) is 0 Å². The van der Waals surface area contributed by atoms with E-state index in [-0.39, 0.29) is 12.0 Å². The number of rotatable bonds is 6. The lowest BCUT2D eigenvalue weighted by atomic mass is 10.1. The number of hydrogen-bond acceptors (Lipinski definition) is 5. The number of nitrogens with two attached hydrogens (primary N) is 1. The van der Waals surface area contributed by atoms with E-state index in [0.717, 1.165) is 18.7 Å². The smallest absolute Gasteiger partial charge is 0.340 e. The Kier molecular flexibility index (Phi) is 5.63. The molecule has 0 aliphatic carbocycles. The molecule has 0 radical (unpaired) electrons. The van der Waals surface area contributed by atoms with Gasteiger partial charge in [0.05, 0.1) is 12.7 Å². The van der Waals surface area contributed by atoms with Crippen molar-refractivity contribution in [1.29, 1.82) is 0 Å². The molecule has 0 aliphatic rings. The predicted molar refractivity (Wildman–Crippen MR) is 78.4 cm³/mol.